The molecule has 2 nitrogen and oxygen atoms in total. The second-order valence-corrected chi connectivity index (χ2v) is 2.75. The van der Waals surface area contributed by atoms with Gasteiger partial charge in [-0.25, -0.2) is 0 Å². The Hall–Kier alpha value is -1.05. The summed E-state index contributed by atoms with van der Waals surface area (Å²) >= 11 is 0. The lowest BCUT2D eigenvalue weighted by Crippen LogP contribution is -2.12. The molecule has 2 heteroatoms. The van der Waals surface area contributed by atoms with Gasteiger partial charge in [0, 0.05) is 0 Å². The van der Waals surface area contributed by atoms with Crippen molar-refractivity contribution in [1.29, 1.82) is 0 Å². The first-order valence-corrected chi connectivity index (χ1v) is 3.78. The van der Waals surface area contributed by atoms with Crippen molar-refractivity contribution < 1.29 is 9.90 Å². The van der Waals surface area contributed by atoms with Gasteiger partial charge in [-0.3, -0.25) is 4.79 Å². The van der Waals surface area contributed by atoms with Crippen LogP contribution in [0, 0.1) is 5.92 Å². The van der Waals surface area contributed by atoms with Gasteiger partial charge in [-0.15, -0.1) is 0 Å². The Kier molecular flexibility index (Phi) is 2.47. The zero-order valence-electron chi connectivity index (χ0n) is 6.58. The molecule has 0 heterocycles. The highest BCUT2D eigenvalue weighted by molar-refractivity contribution is 5.73. The Morgan fingerprint density at radius 3 is 2.82 bits per heavy atom. The molecule has 0 spiro atoms. The average Bonchev–Trinajstić information content (AvgIpc) is 2.05. The first-order valence-electron chi connectivity index (χ1n) is 3.78. The summed E-state index contributed by atoms with van der Waals surface area (Å²) in [4.78, 5) is 10.5. The number of carbonyl (C=O) groups is 1. The van der Waals surface area contributed by atoms with Crippen molar-refractivity contribution in [3.05, 3.63) is 23.8 Å². The number of rotatable bonds is 2. The molecular weight excluding hydrogens is 140 g/mol. The molecule has 0 amide bonds. The average molecular weight is 152 g/mol. The van der Waals surface area contributed by atoms with Gasteiger partial charge in [0.25, 0.3) is 0 Å². The van der Waals surface area contributed by atoms with Crippen molar-refractivity contribution in [2.45, 2.75) is 19.8 Å². The standard InChI is InChI=1S/C9H12O2/c1-7(9(10)11)8-5-3-2-4-6-8/h2-3,6-7H,4-5H2,1H3,(H,10,11). The summed E-state index contributed by atoms with van der Waals surface area (Å²) in [7, 11) is 0. The van der Waals surface area contributed by atoms with E-state index in [0.717, 1.165) is 18.4 Å². The SMILES string of the molecule is CC(C(=O)O)C1=CCC=CC1. The van der Waals surface area contributed by atoms with Crippen molar-refractivity contribution >= 4 is 5.97 Å². The molecule has 1 N–H and O–H groups in total. The third-order valence-electron chi connectivity index (χ3n) is 1.96. The zero-order valence-corrected chi connectivity index (χ0v) is 6.58. The van der Waals surface area contributed by atoms with Gasteiger partial charge >= 0.3 is 5.97 Å². The molecule has 60 valence electrons. The van der Waals surface area contributed by atoms with E-state index in [1.807, 2.05) is 12.2 Å². The molecule has 1 aliphatic carbocycles. The largest absolute Gasteiger partial charge is 0.481 e. The molecule has 0 aromatic carbocycles. The summed E-state index contributed by atoms with van der Waals surface area (Å²) in [5.74, 6) is -1.05. The van der Waals surface area contributed by atoms with Crippen LogP contribution in [0.5, 0.6) is 0 Å². The first kappa shape index (κ1) is 8.05. The molecule has 0 saturated carbocycles. The summed E-state index contributed by atoms with van der Waals surface area (Å²) < 4.78 is 0. The van der Waals surface area contributed by atoms with Gasteiger partial charge in [0.05, 0.1) is 5.92 Å². The quantitative estimate of drug-likeness (QED) is 0.614. The molecule has 1 atom stereocenters. The first-order chi connectivity index (χ1) is 5.22. The molecule has 0 fully saturated rings. The van der Waals surface area contributed by atoms with Gasteiger partial charge in [0.2, 0.25) is 0 Å². The van der Waals surface area contributed by atoms with Gasteiger partial charge in [0.1, 0.15) is 0 Å². The second kappa shape index (κ2) is 3.37. The molecule has 1 rings (SSSR count). The molecule has 0 aliphatic heterocycles. The minimum absolute atomic E-state index is 0.319. The molecule has 0 aromatic rings. The fourth-order valence-corrected chi connectivity index (χ4v) is 1.13. The summed E-state index contributed by atoms with van der Waals surface area (Å²) in [6, 6.07) is 0. The van der Waals surface area contributed by atoms with Gasteiger partial charge in [-0.2, -0.15) is 0 Å². The Morgan fingerprint density at radius 1 is 1.64 bits per heavy atom. The van der Waals surface area contributed by atoms with Crippen molar-refractivity contribution in [2.75, 3.05) is 0 Å². The van der Waals surface area contributed by atoms with E-state index >= 15 is 0 Å². The predicted molar refractivity (Wildman–Crippen MR) is 43.3 cm³/mol. The van der Waals surface area contributed by atoms with E-state index in [1.165, 1.54) is 0 Å². The number of carboxylic acid groups (broad SMARTS) is 1. The summed E-state index contributed by atoms with van der Waals surface area (Å²) in [6.07, 6.45) is 7.76. The number of hydrogen-bond acceptors (Lipinski definition) is 1. The third-order valence-corrected chi connectivity index (χ3v) is 1.96. The van der Waals surface area contributed by atoms with Crippen LogP contribution in [0.4, 0.5) is 0 Å². The van der Waals surface area contributed by atoms with E-state index in [1.54, 1.807) is 6.92 Å². The zero-order chi connectivity index (χ0) is 8.27. The van der Waals surface area contributed by atoms with Crippen molar-refractivity contribution in [2.24, 2.45) is 5.92 Å². The van der Waals surface area contributed by atoms with E-state index in [4.69, 9.17) is 5.11 Å². The van der Waals surface area contributed by atoms with Crippen molar-refractivity contribution in [1.82, 2.24) is 0 Å². The van der Waals surface area contributed by atoms with E-state index in [0.29, 0.717) is 0 Å². The Bertz CT molecular complexity index is 214. The lowest BCUT2D eigenvalue weighted by Gasteiger charge is -2.11. The van der Waals surface area contributed by atoms with Crippen LogP contribution in [0.3, 0.4) is 0 Å². The van der Waals surface area contributed by atoms with E-state index in [9.17, 15) is 4.79 Å². The normalized spacial score (nSPS) is 19.2. The maximum Gasteiger partial charge on any atom is 0.310 e. The fourth-order valence-electron chi connectivity index (χ4n) is 1.13. The van der Waals surface area contributed by atoms with Crippen LogP contribution >= 0.6 is 0 Å². The van der Waals surface area contributed by atoms with Gasteiger partial charge in [0.15, 0.2) is 0 Å². The van der Waals surface area contributed by atoms with Crippen molar-refractivity contribution in [3.63, 3.8) is 0 Å². The molecule has 1 unspecified atom stereocenters. The highest BCUT2D eigenvalue weighted by Crippen LogP contribution is 2.19. The maximum absolute atomic E-state index is 10.5. The number of aliphatic carboxylic acids is 1. The molecule has 0 radical (unpaired) electrons. The lowest BCUT2D eigenvalue weighted by molar-refractivity contribution is -0.139. The van der Waals surface area contributed by atoms with Crippen LogP contribution in [0.15, 0.2) is 23.8 Å². The maximum atomic E-state index is 10.5. The van der Waals surface area contributed by atoms with E-state index < -0.39 is 5.97 Å². The number of hydrogen-bond donors (Lipinski definition) is 1. The molecule has 11 heavy (non-hydrogen) atoms. The van der Waals surface area contributed by atoms with Crippen LogP contribution in [-0.2, 0) is 4.79 Å². The summed E-state index contributed by atoms with van der Waals surface area (Å²) in [6.45, 7) is 1.73. The minimum atomic E-state index is -0.730. The fraction of sp³-hybridized carbons (Fsp3) is 0.444. The monoisotopic (exact) mass is 152 g/mol. The van der Waals surface area contributed by atoms with Crippen LogP contribution < -0.4 is 0 Å². The predicted octanol–water partition coefficient (Wildman–Crippen LogP) is 1.98. The highest BCUT2D eigenvalue weighted by Gasteiger charge is 2.15. The van der Waals surface area contributed by atoms with Crippen LogP contribution in [-0.4, -0.2) is 11.1 Å². The van der Waals surface area contributed by atoms with Gasteiger partial charge in [-0.05, 0) is 19.8 Å². The van der Waals surface area contributed by atoms with Gasteiger partial charge in [-0.1, -0.05) is 23.8 Å². The van der Waals surface area contributed by atoms with Crippen molar-refractivity contribution in [3.8, 4) is 0 Å². The number of allylic oxidation sites excluding steroid dienone is 3. The lowest BCUT2D eigenvalue weighted by atomic mass is 9.94. The van der Waals surface area contributed by atoms with Crippen LogP contribution in [0.25, 0.3) is 0 Å². The van der Waals surface area contributed by atoms with Gasteiger partial charge < -0.3 is 5.11 Å². The Balaban J connectivity index is 2.60. The van der Waals surface area contributed by atoms with Crippen LogP contribution in [0.2, 0.25) is 0 Å². The Labute approximate surface area is 66.2 Å². The smallest absolute Gasteiger partial charge is 0.310 e. The molecule has 0 saturated heterocycles. The Morgan fingerprint density at radius 2 is 2.36 bits per heavy atom. The number of carboxylic acids is 1. The van der Waals surface area contributed by atoms with E-state index in [2.05, 4.69) is 6.08 Å². The molecule has 0 aromatic heterocycles. The topological polar surface area (TPSA) is 37.3 Å². The molecular formula is C9H12O2. The minimum Gasteiger partial charge on any atom is -0.481 e. The molecule has 1 aliphatic rings. The van der Waals surface area contributed by atoms with E-state index in [-0.39, 0.29) is 5.92 Å². The summed E-state index contributed by atoms with van der Waals surface area (Å²) in [5.41, 5.74) is 1.03. The summed E-state index contributed by atoms with van der Waals surface area (Å²) in [5, 5.41) is 8.67. The molecule has 0 bridgehead atoms. The highest BCUT2D eigenvalue weighted by atomic mass is 16.4. The van der Waals surface area contributed by atoms with Crippen LogP contribution in [0.1, 0.15) is 19.8 Å². The third kappa shape index (κ3) is 1.93. The second-order valence-electron chi connectivity index (χ2n) is 2.75.